The maximum Gasteiger partial charge on any atom is 0.187 e. The van der Waals surface area contributed by atoms with Gasteiger partial charge in [-0.2, -0.15) is 0 Å². The molecule has 2 rings (SSSR count). The third-order valence-electron chi connectivity index (χ3n) is 3.40. The summed E-state index contributed by atoms with van der Waals surface area (Å²) in [6.45, 7) is 6.33. The van der Waals surface area contributed by atoms with E-state index in [-0.39, 0.29) is 5.78 Å². The molecule has 21 heavy (non-hydrogen) atoms. The minimum atomic E-state index is 0.00455. The minimum Gasteiger partial charge on any atom is -0.362 e. The summed E-state index contributed by atoms with van der Waals surface area (Å²) in [6.07, 6.45) is 3.24. The molecule has 0 spiro atoms. The predicted molar refractivity (Wildman–Crippen MR) is 88.8 cm³/mol. The molecule has 0 unspecified atom stereocenters. The molecule has 0 heterocycles. The first-order chi connectivity index (χ1) is 10.1. The number of nitrogens with one attached hydrogen (secondary N) is 1. The second kappa shape index (κ2) is 6.89. The number of carbonyl (C=O) groups excluding carboxylic acids is 1. The lowest BCUT2D eigenvalue weighted by atomic mass is 10.0. The van der Waals surface area contributed by atoms with Gasteiger partial charge in [-0.3, -0.25) is 4.79 Å². The molecule has 0 radical (unpaired) electrons. The molecule has 0 fully saturated rings. The van der Waals surface area contributed by atoms with Crippen LogP contribution in [-0.2, 0) is 0 Å². The van der Waals surface area contributed by atoms with Gasteiger partial charge < -0.3 is 5.32 Å². The number of rotatable bonds is 5. The normalized spacial score (nSPS) is 11.0. The third-order valence-corrected chi connectivity index (χ3v) is 3.40. The van der Waals surface area contributed by atoms with Crippen molar-refractivity contribution in [3.63, 3.8) is 0 Å². The highest BCUT2D eigenvalue weighted by Crippen LogP contribution is 2.15. The molecule has 2 heteroatoms. The Morgan fingerprint density at radius 1 is 1.00 bits per heavy atom. The van der Waals surface area contributed by atoms with E-state index in [0.717, 1.165) is 5.69 Å². The second-order valence-electron chi connectivity index (χ2n) is 5.48. The van der Waals surface area contributed by atoms with Crippen LogP contribution in [0.5, 0.6) is 0 Å². The fourth-order valence-corrected chi connectivity index (χ4v) is 1.99. The average molecular weight is 279 g/mol. The van der Waals surface area contributed by atoms with Crippen molar-refractivity contribution >= 4 is 11.5 Å². The van der Waals surface area contributed by atoms with E-state index in [2.05, 4.69) is 19.2 Å². The number of ketones is 1. The zero-order valence-electron chi connectivity index (χ0n) is 12.8. The molecule has 108 valence electrons. The first kappa shape index (κ1) is 15.0. The molecule has 0 aromatic heterocycles. The Morgan fingerprint density at radius 2 is 1.62 bits per heavy atom. The maximum absolute atomic E-state index is 12.0. The molecule has 0 aliphatic heterocycles. The molecule has 0 saturated carbocycles. The zero-order chi connectivity index (χ0) is 15.2. The quantitative estimate of drug-likeness (QED) is 0.621. The van der Waals surface area contributed by atoms with E-state index in [1.54, 1.807) is 12.3 Å². The van der Waals surface area contributed by atoms with Crippen molar-refractivity contribution in [2.24, 2.45) is 0 Å². The molecule has 0 bridgehead atoms. The highest BCUT2D eigenvalue weighted by Gasteiger charge is 2.03. The van der Waals surface area contributed by atoms with Crippen molar-refractivity contribution in [1.29, 1.82) is 0 Å². The molecule has 2 aromatic rings. The maximum atomic E-state index is 12.0. The van der Waals surface area contributed by atoms with Gasteiger partial charge in [-0.25, -0.2) is 0 Å². The van der Waals surface area contributed by atoms with E-state index < -0.39 is 0 Å². The second-order valence-corrected chi connectivity index (χ2v) is 5.48. The van der Waals surface area contributed by atoms with Crippen LogP contribution >= 0.6 is 0 Å². The van der Waals surface area contributed by atoms with Crippen LogP contribution in [0.15, 0.2) is 60.8 Å². The molecular formula is C19H21NO. The van der Waals surface area contributed by atoms with E-state index in [4.69, 9.17) is 0 Å². The number of allylic oxidation sites excluding steroid dienone is 1. The van der Waals surface area contributed by atoms with Gasteiger partial charge in [-0.1, -0.05) is 55.8 Å². The van der Waals surface area contributed by atoms with Gasteiger partial charge in [0.1, 0.15) is 0 Å². The van der Waals surface area contributed by atoms with Crippen molar-refractivity contribution in [2.75, 3.05) is 5.32 Å². The van der Waals surface area contributed by atoms with Gasteiger partial charge in [0.25, 0.3) is 0 Å². The first-order valence-corrected chi connectivity index (χ1v) is 7.20. The van der Waals surface area contributed by atoms with Crippen molar-refractivity contribution in [3.05, 3.63) is 77.5 Å². The van der Waals surface area contributed by atoms with Crippen LogP contribution in [0.4, 0.5) is 5.69 Å². The van der Waals surface area contributed by atoms with Crippen LogP contribution in [0, 0.1) is 6.92 Å². The minimum absolute atomic E-state index is 0.00455. The first-order valence-electron chi connectivity index (χ1n) is 7.20. The van der Waals surface area contributed by atoms with E-state index in [1.165, 1.54) is 11.1 Å². The molecule has 0 aliphatic carbocycles. The van der Waals surface area contributed by atoms with Crippen molar-refractivity contribution in [2.45, 2.75) is 26.7 Å². The van der Waals surface area contributed by atoms with E-state index in [1.807, 2.05) is 55.5 Å². The molecule has 2 aromatic carbocycles. The Bertz CT molecular complexity index is 622. The van der Waals surface area contributed by atoms with Gasteiger partial charge in [0.05, 0.1) is 0 Å². The van der Waals surface area contributed by atoms with Gasteiger partial charge >= 0.3 is 0 Å². The number of anilines is 1. The summed E-state index contributed by atoms with van der Waals surface area (Å²) in [5.41, 5.74) is 4.14. The van der Waals surface area contributed by atoms with Gasteiger partial charge in [-0.15, -0.1) is 0 Å². The molecule has 0 aliphatic rings. The molecule has 0 saturated heterocycles. The molecule has 1 N–H and O–H groups in total. The Morgan fingerprint density at radius 3 is 2.19 bits per heavy atom. The highest BCUT2D eigenvalue weighted by molar-refractivity contribution is 6.04. The highest BCUT2D eigenvalue weighted by atomic mass is 16.1. The van der Waals surface area contributed by atoms with Crippen LogP contribution in [0.1, 0.15) is 41.3 Å². The molecular weight excluding hydrogens is 258 g/mol. The van der Waals surface area contributed by atoms with Crippen LogP contribution < -0.4 is 5.32 Å². The average Bonchev–Trinajstić information content (AvgIpc) is 2.49. The van der Waals surface area contributed by atoms with E-state index in [9.17, 15) is 4.79 Å². The van der Waals surface area contributed by atoms with Gasteiger partial charge in [-0.05, 0) is 30.5 Å². The Labute approximate surface area is 126 Å². The Kier molecular flexibility index (Phi) is 4.94. The van der Waals surface area contributed by atoms with Crippen LogP contribution in [0.2, 0.25) is 0 Å². The number of carbonyl (C=O) groups is 1. The monoisotopic (exact) mass is 279 g/mol. The number of hydrogen-bond acceptors (Lipinski definition) is 2. The lowest BCUT2D eigenvalue weighted by molar-refractivity contribution is 0.104. The molecule has 0 amide bonds. The summed E-state index contributed by atoms with van der Waals surface area (Å²) in [5, 5.41) is 3.10. The smallest absolute Gasteiger partial charge is 0.187 e. The van der Waals surface area contributed by atoms with Gasteiger partial charge in [0.15, 0.2) is 5.78 Å². The summed E-state index contributed by atoms with van der Waals surface area (Å²) in [6, 6.07) is 15.8. The van der Waals surface area contributed by atoms with E-state index in [0.29, 0.717) is 11.5 Å². The predicted octanol–water partition coefficient (Wildman–Crippen LogP) is 4.93. The number of hydrogen-bond donors (Lipinski definition) is 1. The SMILES string of the molecule is Cc1ccc(N/C=C/C(=O)c2ccc(C(C)C)cc2)cc1. The lowest BCUT2D eigenvalue weighted by Gasteiger charge is -2.05. The van der Waals surface area contributed by atoms with Crippen molar-refractivity contribution in [1.82, 2.24) is 0 Å². The molecule has 0 atom stereocenters. The van der Waals surface area contributed by atoms with Gasteiger partial charge in [0, 0.05) is 23.5 Å². The summed E-state index contributed by atoms with van der Waals surface area (Å²) in [4.78, 5) is 12.0. The van der Waals surface area contributed by atoms with Crippen molar-refractivity contribution < 1.29 is 4.79 Å². The van der Waals surface area contributed by atoms with Crippen LogP contribution in [-0.4, -0.2) is 5.78 Å². The summed E-state index contributed by atoms with van der Waals surface area (Å²) >= 11 is 0. The van der Waals surface area contributed by atoms with Crippen LogP contribution in [0.3, 0.4) is 0 Å². The van der Waals surface area contributed by atoms with Crippen molar-refractivity contribution in [3.8, 4) is 0 Å². The van der Waals surface area contributed by atoms with Gasteiger partial charge in [0.2, 0.25) is 0 Å². The Balaban J connectivity index is 1.97. The summed E-state index contributed by atoms with van der Waals surface area (Å²) < 4.78 is 0. The Hall–Kier alpha value is -2.35. The van der Waals surface area contributed by atoms with Crippen LogP contribution in [0.25, 0.3) is 0 Å². The fraction of sp³-hybridized carbons (Fsp3) is 0.211. The lowest BCUT2D eigenvalue weighted by Crippen LogP contribution is -1.97. The standard InChI is InChI=1S/C19H21NO/c1-14(2)16-6-8-17(9-7-16)19(21)12-13-20-18-10-4-15(3)5-11-18/h4-14,20H,1-3H3/b13-12+. The largest absolute Gasteiger partial charge is 0.362 e. The summed E-state index contributed by atoms with van der Waals surface area (Å²) in [5.74, 6) is 0.484. The van der Waals surface area contributed by atoms with E-state index >= 15 is 0 Å². The summed E-state index contributed by atoms with van der Waals surface area (Å²) in [7, 11) is 0. The third kappa shape index (κ3) is 4.32. The number of benzene rings is 2. The fourth-order valence-electron chi connectivity index (χ4n) is 1.99. The zero-order valence-corrected chi connectivity index (χ0v) is 12.8. The topological polar surface area (TPSA) is 29.1 Å². The molecule has 2 nitrogen and oxygen atoms in total. The number of aryl methyl sites for hydroxylation is 1.